The van der Waals surface area contributed by atoms with Crippen molar-refractivity contribution in [3.8, 4) is 0 Å². The first kappa shape index (κ1) is 12.1. The minimum absolute atomic E-state index is 0.0942. The monoisotopic (exact) mass is 232 g/mol. The summed E-state index contributed by atoms with van der Waals surface area (Å²) in [5.41, 5.74) is 2.43. The second-order valence-electron chi connectivity index (χ2n) is 4.87. The molecule has 0 aromatic heterocycles. The van der Waals surface area contributed by atoms with Crippen LogP contribution < -0.4 is 10.6 Å². The first-order valence-corrected chi connectivity index (χ1v) is 6.22. The minimum Gasteiger partial charge on any atom is -0.350 e. The topological polar surface area (TPSA) is 41.1 Å². The molecule has 1 amide bonds. The Morgan fingerprint density at radius 3 is 2.76 bits per heavy atom. The number of aryl methyl sites for hydroxylation is 1. The van der Waals surface area contributed by atoms with E-state index in [4.69, 9.17) is 0 Å². The SMILES string of the molecule is Cc1ccccc1[C@H](C)NC(=O)CC1CNC1. The average Bonchev–Trinajstić information content (AvgIpc) is 2.24. The molecule has 1 heterocycles. The van der Waals surface area contributed by atoms with E-state index < -0.39 is 0 Å². The zero-order chi connectivity index (χ0) is 12.3. The van der Waals surface area contributed by atoms with Crippen molar-refractivity contribution < 1.29 is 4.79 Å². The summed E-state index contributed by atoms with van der Waals surface area (Å²) in [4.78, 5) is 11.8. The number of carbonyl (C=O) groups excluding carboxylic acids is 1. The van der Waals surface area contributed by atoms with Gasteiger partial charge in [0.25, 0.3) is 0 Å². The van der Waals surface area contributed by atoms with Gasteiger partial charge in [0.15, 0.2) is 0 Å². The van der Waals surface area contributed by atoms with Crippen LogP contribution in [0.2, 0.25) is 0 Å². The van der Waals surface area contributed by atoms with Crippen molar-refractivity contribution >= 4 is 5.91 Å². The van der Waals surface area contributed by atoms with E-state index in [1.165, 1.54) is 11.1 Å². The number of hydrogen-bond acceptors (Lipinski definition) is 2. The van der Waals surface area contributed by atoms with E-state index in [9.17, 15) is 4.79 Å². The molecule has 0 bridgehead atoms. The summed E-state index contributed by atoms with van der Waals surface area (Å²) >= 11 is 0. The van der Waals surface area contributed by atoms with Crippen molar-refractivity contribution in [2.75, 3.05) is 13.1 Å². The molecule has 3 nitrogen and oxygen atoms in total. The molecule has 0 radical (unpaired) electrons. The second kappa shape index (κ2) is 5.32. The Morgan fingerprint density at radius 1 is 1.47 bits per heavy atom. The van der Waals surface area contributed by atoms with Crippen LogP contribution in [0.15, 0.2) is 24.3 Å². The fourth-order valence-electron chi connectivity index (χ4n) is 2.21. The van der Waals surface area contributed by atoms with Gasteiger partial charge in [-0.25, -0.2) is 0 Å². The van der Waals surface area contributed by atoms with Crippen LogP contribution in [0, 0.1) is 12.8 Å². The Labute approximate surface area is 103 Å². The van der Waals surface area contributed by atoms with Crippen LogP contribution in [0.1, 0.15) is 30.5 Å². The summed E-state index contributed by atoms with van der Waals surface area (Å²) in [6, 6.07) is 8.28. The number of hydrogen-bond donors (Lipinski definition) is 2. The Morgan fingerprint density at radius 2 is 2.18 bits per heavy atom. The summed E-state index contributed by atoms with van der Waals surface area (Å²) in [5, 5.41) is 6.25. The van der Waals surface area contributed by atoms with Crippen molar-refractivity contribution in [2.45, 2.75) is 26.3 Å². The van der Waals surface area contributed by atoms with E-state index in [1.54, 1.807) is 0 Å². The molecule has 1 aliphatic rings. The Bertz CT molecular complexity index is 399. The lowest BCUT2D eigenvalue weighted by Crippen LogP contribution is -2.44. The van der Waals surface area contributed by atoms with Gasteiger partial charge in [-0.05, 0) is 44.0 Å². The van der Waals surface area contributed by atoms with Gasteiger partial charge in [-0.15, -0.1) is 0 Å². The van der Waals surface area contributed by atoms with Crippen molar-refractivity contribution in [1.29, 1.82) is 0 Å². The molecule has 0 spiro atoms. The largest absolute Gasteiger partial charge is 0.350 e. The van der Waals surface area contributed by atoms with Crippen molar-refractivity contribution in [3.63, 3.8) is 0 Å². The van der Waals surface area contributed by atoms with Gasteiger partial charge in [0, 0.05) is 6.42 Å². The highest BCUT2D eigenvalue weighted by atomic mass is 16.1. The smallest absolute Gasteiger partial charge is 0.220 e. The fraction of sp³-hybridized carbons (Fsp3) is 0.500. The van der Waals surface area contributed by atoms with Gasteiger partial charge in [0.1, 0.15) is 0 Å². The Hall–Kier alpha value is -1.35. The summed E-state index contributed by atoms with van der Waals surface area (Å²) in [5.74, 6) is 0.686. The molecule has 2 N–H and O–H groups in total. The normalized spacial score (nSPS) is 17.3. The molecule has 3 heteroatoms. The van der Waals surface area contributed by atoms with E-state index in [-0.39, 0.29) is 11.9 Å². The lowest BCUT2D eigenvalue weighted by Gasteiger charge is -2.27. The third-order valence-corrected chi connectivity index (χ3v) is 3.37. The van der Waals surface area contributed by atoms with E-state index in [0.29, 0.717) is 12.3 Å². The first-order valence-electron chi connectivity index (χ1n) is 6.22. The van der Waals surface area contributed by atoms with E-state index >= 15 is 0 Å². The van der Waals surface area contributed by atoms with Gasteiger partial charge >= 0.3 is 0 Å². The maximum absolute atomic E-state index is 11.8. The number of rotatable bonds is 4. The van der Waals surface area contributed by atoms with Crippen molar-refractivity contribution in [2.24, 2.45) is 5.92 Å². The predicted octanol–water partition coefficient (Wildman–Crippen LogP) is 1.78. The first-order chi connectivity index (χ1) is 8.16. The number of carbonyl (C=O) groups is 1. The van der Waals surface area contributed by atoms with Crippen LogP contribution in [0.3, 0.4) is 0 Å². The van der Waals surface area contributed by atoms with Gasteiger partial charge < -0.3 is 10.6 Å². The molecule has 1 aromatic carbocycles. The number of amides is 1. The molecule has 92 valence electrons. The highest BCUT2D eigenvalue weighted by Crippen LogP contribution is 2.17. The van der Waals surface area contributed by atoms with Crippen molar-refractivity contribution in [3.05, 3.63) is 35.4 Å². The number of benzene rings is 1. The van der Waals surface area contributed by atoms with Gasteiger partial charge in [-0.3, -0.25) is 4.79 Å². The average molecular weight is 232 g/mol. The van der Waals surface area contributed by atoms with E-state index in [2.05, 4.69) is 29.7 Å². The highest BCUT2D eigenvalue weighted by Gasteiger charge is 2.21. The molecule has 1 aromatic rings. The molecule has 2 rings (SSSR count). The summed E-state index contributed by atoms with van der Waals surface area (Å²) in [6.07, 6.45) is 0.642. The predicted molar refractivity (Wildman–Crippen MR) is 68.7 cm³/mol. The molecular formula is C14H20N2O. The van der Waals surface area contributed by atoms with E-state index in [1.807, 2.05) is 19.1 Å². The summed E-state index contributed by atoms with van der Waals surface area (Å²) < 4.78 is 0. The molecule has 0 unspecified atom stereocenters. The van der Waals surface area contributed by atoms with Crippen molar-refractivity contribution in [1.82, 2.24) is 10.6 Å². The zero-order valence-corrected chi connectivity index (χ0v) is 10.5. The molecule has 0 saturated carbocycles. The van der Waals surface area contributed by atoms with Gasteiger partial charge in [-0.2, -0.15) is 0 Å². The third kappa shape index (κ3) is 3.07. The van der Waals surface area contributed by atoms with Crippen LogP contribution >= 0.6 is 0 Å². The maximum atomic E-state index is 11.8. The lowest BCUT2D eigenvalue weighted by atomic mass is 9.98. The highest BCUT2D eigenvalue weighted by molar-refractivity contribution is 5.76. The molecule has 17 heavy (non-hydrogen) atoms. The van der Waals surface area contributed by atoms with Gasteiger partial charge in [-0.1, -0.05) is 24.3 Å². The van der Waals surface area contributed by atoms with Gasteiger partial charge in [0.05, 0.1) is 6.04 Å². The molecule has 1 saturated heterocycles. The van der Waals surface area contributed by atoms with Crippen LogP contribution in [0.25, 0.3) is 0 Å². The minimum atomic E-state index is 0.0942. The molecule has 0 aliphatic carbocycles. The molecule has 1 fully saturated rings. The quantitative estimate of drug-likeness (QED) is 0.831. The summed E-state index contributed by atoms with van der Waals surface area (Å²) in [6.45, 7) is 6.07. The standard InChI is InChI=1S/C14H20N2O/c1-10-5-3-4-6-13(10)11(2)16-14(17)7-12-8-15-9-12/h3-6,11-12,15H,7-9H2,1-2H3,(H,16,17)/t11-/m0/s1. The molecule has 1 aliphatic heterocycles. The van der Waals surface area contributed by atoms with Crippen LogP contribution in [-0.4, -0.2) is 19.0 Å². The summed E-state index contributed by atoms with van der Waals surface area (Å²) in [7, 11) is 0. The maximum Gasteiger partial charge on any atom is 0.220 e. The van der Waals surface area contributed by atoms with Gasteiger partial charge in [0.2, 0.25) is 5.91 Å². The zero-order valence-electron chi connectivity index (χ0n) is 10.5. The second-order valence-corrected chi connectivity index (χ2v) is 4.87. The Kier molecular flexibility index (Phi) is 3.79. The molecule has 1 atom stereocenters. The third-order valence-electron chi connectivity index (χ3n) is 3.37. The van der Waals surface area contributed by atoms with Crippen LogP contribution in [0.4, 0.5) is 0 Å². The molecular weight excluding hydrogens is 212 g/mol. The van der Waals surface area contributed by atoms with Crippen LogP contribution in [0.5, 0.6) is 0 Å². The fourth-order valence-corrected chi connectivity index (χ4v) is 2.21. The Balaban J connectivity index is 1.89. The van der Waals surface area contributed by atoms with Crippen LogP contribution in [-0.2, 0) is 4.79 Å². The lowest BCUT2D eigenvalue weighted by molar-refractivity contribution is -0.123. The number of nitrogens with one attached hydrogen (secondary N) is 2. The van der Waals surface area contributed by atoms with E-state index in [0.717, 1.165) is 13.1 Å².